The first kappa shape index (κ1) is 7.80. The van der Waals surface area contributed by atoms with Crippen molar-refractivity contribution in [2.45, 2.75) is 38.6 Å². The Labute approximate surface area is 63.5 Å². The Kier molecular flexibility index (Phi) is 2.94. The normalized spacial score (nSPS) is 27.5. The quantitative estimate of drug-likeness (QED) is 0.548. The minimum Gasteiger partial charge on any atom is -0.310 e. The van der Waals surface area contributed by atoms with Crippen molar-refractivity contribution in [1.82, 2.24) is 5.32 Å². The van der Waals surface area contributed by atoms with E-state index < -0.39 is 0 Å². The standard InChI is InChI=1S/C9H17N/c1-8(2)9-6-4-3-5-7-10-9/h9-10H,1,3-7H2,2H3. The predicted molar refractivity (Wildman–Crippen MR) is 45.1 cm³/mol. The molecule has 1 aliphatic rings. The second-order valence-electron chi connectivity index (χ2n) is 3.20. The summed E-state index contributed by atoms with van der Waals surface area (Å²) in [6.07, 6.45) is 5.38. The smallest absolute Gasteiger partial charge is 0.0274 e. The Balaban J connectivity index is 2.35. The van der Waals surface area contributed by atoms with Crippen LogP contribution in [0.5, 0.6) is 0 Å². The highest BCUT2D eigenvalue weighted by Crippen LogP contribution is 2.12. The third kappa shape index (κ3) is 2.14. The first-order valence-corrected chi connectivity index (χ1v) is 4.19. The SMILES string of the molecule is C=C(C)C1CCCCCN1. The van der Waals surface area contributed by atoms with Crippen LogP contribution in [-0.2, 0) is 0 Å². The average molecular weight is 139 g/mol. The zero-order chi connectivity index (χ0) is 7.40. The molecule has 1 atom stereocenters. The molecule has 1 unspecified atom stereocenters. The molecule has 0 radical (unpaired) electrons. The highest BCUT2D eigenvalue weighted by Gasteiger charge is 2.10. The van der Waals surface area contributed by atoms with E-state index in [-0.39, 0.29) is 0 Å². The minimum atomic E-state index is 0.600. The lowest BCUT2D eigenvalue weighted by Crippen LogP contribution is -2.28. The molecule has 1 heterocycles. The molecule has 0 amide bonds. The summed E-state index contributed by atoms with van der Waals surface area (Å²) in [6.45, 7) is 7.25. The van der Waals surface area contributed by atoms with Crippen LogP contribution >= 0.6 is 0 Å². The molecule has 0 aromatic carbocycles. The Morgan fingerprint density at radius 1 is 1.40 bits per heavy atom. The number of rotatable bonds is 1. The first-order valence-electron chi connectivity index (χ1n) is 4.19. The van der Waals surface area contributed by atoms with Gasteiger partial charge in [-0.15, -0.1) is 0 Å². The van der Waals surface area contributed by atoms with E-state index in [2.05, 4.69) is 18.8 Å². The molecule has 0 bridgehead atoms. The van der Waals surface area contributed by atoms with Crippen molar-refractivity contribution in [1.29, 1.82) is 0 Å². The first-order chi connectivity index (χ1) is 4.80. The van der Waals surface area contributed by atoms with Gasteiger partial charge in [0.05, 0.1) is 0 Å². The number of hydrogen-bond acceptors (Lipinski definition) is 1. The van der Waals surface area contributed by atoms with Gasteiger partial charge < -0.3 is 5.32 Å². The van der Waals surface area contributed by atoms with E-state index in [1.54, 1.807) is 0 Å². The van der Waals surface area contributed by atoms with E-state index in [1.165, 1.54) is 37.8 Å². The molecule has 1 heteroatoms. The number of nitrogens with one attached hydrogen (secondary N) is 1. The summed E-state index contributed by atoms with van der Waals surface area (Å²) in [4.78, 5) is 0. The third-order valence-corrected chi connectivity index (χ3v) is 2.16. The highest BCUT2D eigenvalue weighted by atomic mass is 14.9. The Hall–Kier alpha value is -0.300. The molecule has 1 N–H and O–H groups in total. The maximum absolute atomic E-state index is 3.96. The molecule has 10 heavy (non-hydrogen) atoms. The zero-order valence-corrected chi connectivity index (χ0v) is 6.82. The summed E-state index contributed by atoms with van der Waals surface area (Å²) < 4.78 is 0. The Morgan fingerprint density at radius 3 is 2.90 bits per heavy atom. The summed E-state index contributed by atoms with van der Waals surface area (Å²) in [7, 11) is 0. The van der Waals surface area contributed by atoms with Crippen LogP contribution in [0.15, 0.2) is 12.2 Å². The van der Waals surface area contributed by atoms with Crippen LogP contribution in [0.2, 0.25) is 0 Å². The van der Waals surface area contributed by atoms with Crippen molar-refractivity contribution >= 4 is 0 Å². The van der Waals surface area contributed by atoms with E-state index in [4.69, 9.17) is 0 Å². The van der Waals surface area contributed by atoms with Gasteiger partial charge in [0.2, 0.25) is 0 Å². The Bertz CT molecular complexity index is 110. The fourth-order valence-electron chi connectivity index (χ4n) is 1.45. The maximum Gasteiger partial charge on any atom is 0.0274 e. The van der Waals surface area contributed by atoms with E-state index in [1.807, 2.05) is 0 Å². The van der Waals surface area contributed by atoms with Crippen LogP contribution in [-0.4, -0.2) is 12.6 Å². The van der Waals surface area contributed by atoms with Crippen LogP contribution in [0.3, 0.4) is 0 Å². The van der Waals surface area contributed by atoms with Gasteiger partial charge in [0.25, 0.3) is 0 Å². The van der Waals surface area contributed by atoms with Gasteiger partial charge in [-0.25, -0.2) is 0 Å². The zero-order valence-electron chi connectivity index (χ0n) is 6.82. The van der Waals surface area contributed by atoms with Gasteiger partial charge in [0.15, 0.2) is 0 Å². The molecule has 0 aromatic heterocycles. The molecule has 0 spiro atoms. The number of hydrogen-bond donors (Lipinski definition) is 1. The van der Waals surface area contributed by atoms with Crippen LogP contribution in [0, 0.1) is 0 Å². The largest absolute Gasteiger partial charge is 0.310 e. The van der Waals surface area contributed by atoms with Gasteiger partial charge in [0, 0.05) is 6.04 Å². The van der Waals surface area contributed by atoms with E-state index in [0.29, 0.717) is 6.04 Å². The summed E-state index contributed by atoms with van der Waals surface area (Å²) in [6, 6.07) is 0.600. The van der Waals surface area contributed by atoms with Crippen molar-refractivity contribution in [3.8, 4) is 0 Å². The van der Waals surface area contributed by atoms with Gasteiger partial charge in [-0.1, -0.05) is 25.0 Å². The van der Waals surface area contributed by atoms with Gasteiger partial charge in [0.1, 0.15) is 0 Å². The molecule has 0 aliphatic carbocycles. The van der Waals surface area contributed by atoms with Crippen molar-refractivity contribution in [2.24, 2.45) is 0 Å². The van der Waals surface area contributed by atoms with Crippen molar-refractivity contribution in [3.63, 3.8) is 0 Å². The fourth-order valence-corrected chi connectivity index (χ4v) is 1.45. The second-order valence-corrected chi connectivity index (χ2v) is 3.20. The predicted octanol–water partition coefficient (Wildman–Crippen LogP) is 2.09. The van der Waals surface area contributed by atoms with Crippen molar-refractivity contribution in [2.75, 3.05) is 6.54 Å². The van der Waals surface area contributed by atoms with Gasteiger partial charge in [-0.3, -0.25) is 0 Å². The van der Waals surface area contributed by atoms with Gasteiger partial charge in [-0.05, 0) is 26.3 Å². The molecule has 1 saturated heterocycles. The second kappa shape index (κ2) is 3.77. The Morgan fingerprint density at radius 2 is 2.20 bits per heavy atom. The van der Waals surface area contributed by atoms with Crippen LogP contribution in [0.25, 0.3) is 0 Å². The summed E-state index contributed by atoms with van der Waals surface area (Å²) in [5, 5.41) is 3.48. The average Bonchev–Trinajstić information content (AvgIpc) is 2.12. The van der Waals surface area contributed by atoms with Crippen LogP contribution < -0.4 is 5.32 Å². The summed E-state index contributed by atoms with van der Waals surface area (Å²) in [5.41, 5.74) is 1.29. The molecule has 1 nitrogen and oxygen atoms in total. The molecule has 58 valence electrons. The topological polar surface area (TPSA) is 12.0 Å². The third-order valence-electron chi connectivity index (χ3n) is 2.16. The summed E-state index contributed by atoms with van der Waals surface area (Å²) in [5.74, 6) is 0. The monoisotopic (exact) mass is 139 g/mol. The molecular weight excluding hydrogens is 122 g/mol. The molecule has 0 aromatic rings. The molecule has 1 rings (SSSR count). The molecule has 1 fully saturated rings. The molecule has 0 saturated carbocycles. The van der Waals surface area contributed by atoms with E-state index in [9.17, 15) is 0 Å². The maximum atomic E-state index is 3.96. The van der Waals surface area contributed by atoms with Gasteiger partial charge >= 0.3 is 0 Å². The van der Waals surface area contributed by atoms with Crippen LogP contribution in [0.1, 0.15) is 32.6 Å². The fraction of sp³-hybridized carbons (Fsp3) is 0.778. The lowest BCUT2D eigenvalue weighted by molar-refractivity contribution is 0.573. The van der Waals surface area contributed by atoms with Crippen LogP contribution in [0.4, 0.5) is 0 Å². The molecule has 1 aliphatic heterocycles. The van der Waals surface area contributed by atoms with Crippen molar-refractivity contribution < 1.29 is 0 Å². The summed E-state index contributed by atoms with van der Waals surface area (Å²) >= 11 is 0. The lowest BCUT2D eigenvalue weighted by atomic mass is 10.1. The minimum absolute atomic E-state index is 0.600. The van der Waals surface area contributed by atoms with Gasteiger partial charge in [-0.2, -0.15) is 0 Å². The van der Waals surface area contributed by atoms with E-state index >= 15 is 0 Å². The molecular formula is C9H17N. The lowest BCUT2D eigenvalue weighted by Gasteiger charge is -2.14. The van der Waals surface area contributed by atoms with E-state index in [0.717, 1.165) is 0 Å². The van der Waals surface area contributed by atoms with Crippen molar-refractivity contribution in [3.05, 3.63) is 12.2 Å². The highest BCUT2D eigenvalue weighted by molar-refractivity contribution is 5.01.